The first-order valence-electron chi connectivity index (χ1n) is 10.2. The number of anilines is 1. The number of aryl methyl sites for hydroxylation is 2. The van der Waals surface area contributed by atoms with Gasteiger partial charge in [0.1, 0.15) is 11.6 Å². The van der Waals surface area contributed by atoms with Gasteiger partial charge in [-0.05, 0) is 38.1 Å². The third kappa shape index (κ3) is 4.35. The first-order valence-corrected chi connectivity index (χ1v) is 11.2. The van der Waals surface area contributed by atoms with Crippen LogP contribution < -0.4 is 5.32 Å². The number of furan rings is 1. The zero-order valence-corrected chi connectivity index (χ0v) is 18.7. The fraction of sp³-hybridized carbons (Fsp3) is 0.125. The number of hydrogen-bond donors (Lipinski definition) is 1. The van der Waals surface area contributed by atoms with Crippen molar-refractivity contribution in [3.8, 4) is 11.5 Å². The zero-order chi connectivity index (χ0) is 22.8. The smallest absolute Gasteiger partial charge is 0.256 e. The summed E-state index contributed by atoms with van der Waals surface area (Å²) in [6.45, 7) is 3.77. The van der Waals surface area contributed by atoms with E-state index in [1.54, 1.807) is 12.1 Å². The molecule has 5 aromatic rings. The summed E-state index contributed by atoms with van der Waals surface area (Å²) >= 11 is 1.32. The van der Waals surface area contributed by atoms with Gasteiger partial charge in [-0.2, -0.15) is 4.98 Å². The molecule has 1 amide bonds. The Balaban J connectivity index is 1.41. The van der Waals surface area contributed by atoms with Crippen molar-refractivity contribution < 1.29 is 13.6 Å². The number of carbonyl (C=O) groups is 1. The van der Waals surface area contributed by atoms with E-state index in [-0.39, 0.29) is 5.91 Å². The number of benzene rings is 2. The molecule has 0 radical (unpaired) electrons. The number of hydrogen-bond acceptors (Lipinski definition) is 8. The van der Waals surface area contributed by atoms with Gasteiger partial charge in [-0.15, -0.1) is 10.2 Å². The third-order valence-corrected chi connectivity index (χ3v) is 5.92. The van der Waals surface area contributed by atoms with Crippen molar-refractivity contribution in [1.82, 2.24) is 20.2 Å². The minimum absolute atomic E-state index is 0.255. The Hall–Kier alpha value is -3.98. The van der Waals surface area contributed by atoms with E-state index < -0.39 is 0 Å². The van der Waals surface area contributed by atoms with E-state index in [9.17, 15) is 4.79 Å². The lowest BCUT2D eigenvalue weighted by Gasteiger charge is -2.07. The minimum Gasteiger partial charge on any atom is -0.443 e. The van der Waals surface area contributed by atoms with Crippen molar-refractivity contribution in [2.75, 3.05) is 5.32 Å². The molecule has 2 aromatic carbocycles. The second-order valence-corrected chi connectivity index (χ2v) is 8.24. The summed E-state index contributed by atoms with van der Waals surface area (Å²) in [5.74, 6) is 2.15. The summed E-state index contributed by atoms with van der Waals surface area (Å²) in [5.41, 5.74) is 2.69. The van der Waals surface area contributed by atoms with Gasteiger partial charge in [0.15, 0.2) is 5.16 Å². The van der Waals surface area contributed by atoms with Gasteiger partial charge in [0.2, 0.25) is 17.5 Å². The van der Waals surface area contributed by atoms with Crippen LogP contribution in [0.2, 0.25) is 0 Å². The van der Waals surface area contributed by atoms with Gasteiger partial charge >= 0.3 is 0 Å². The molecule has 1 N–H and O–H groups in total. The highest BCUT2D eigenvalue weighted by Crippen LogP contribution is 2.32. The number of rotatable bonds is 6. The Morgan fingerprint density at radius 3 is 2.42 bits per heavy atom. The first kappa shape index (κ1) is 20.9. The van der Waals surface area contributed by atoms with Crippen molar-refractivity contribution in [3.63, 3.8) is 0 Å². The molecule has 5 rings (SSSR count). The summed E-state index contributed by atoms with van der Waals surface area (Å²) in [4.78, 5) is 21.9. The van der Waals surface area contributed by atoms with Gasteiger partial charge in [0.05, 0.1) is 11.1 Å². The Morgan fingerprint density at radius 2 is 1.67 bits per heavy atom. The van der Waals surface area contributed by atoms with Crippen LogP contribution in [-0.4, -0.2) is 26.1 Å². The molecule has 33 heavy (non-hydrogen) atoms. The van der Waals surface area contributed by atoms with Crippen LogP contribution in [0.5, 0.6) is 0 Å². The lowest BCUT2D eigenvalue weighted by molar-refractivity contribution is 0.102. The lowest BCUT2D eigenvalue weighted by atomic mass is 10.2. The Kier molecular flexibility index (Phi) is 5.62. The summed E-state index contributed by atoms with van der Waals surface area (Å²) in [5, 5.41) is 12.2. The summed E-state index contributed by atoms with van der Waals surface area (Å²) in [6.07, 6.45) is 0. The molecule has 0 saturated heterocycles. The molecule has 9 heteroatoms. The molecular weight excluding hydrogens is 438 g/mol. The van der Waals surface area contributed by atoms with E-state index in [0.29, 0.717) is 45.2 Å². The highest BCUT2D eigenvalue weighted by Gasteiger charge is 2.19. The quantitative estimate of drug-likeness (QED) is 0.265. The minimum atomic E-state index is -0.255. The van der Waals surface area contributed by atoms with Gasteiger partial charge in [-0.1, -0.05) is 48.2 Å². The number of amides is 1. The average molecular weight is 458 g/mol. The molecule has 0 aliphatic rings. The van der Waals surface area contributed by atoms with Crippen LogP contribution in [0.25, 0.3) is 22.6 Å². The summed E-state index contributed by atoms with van der Waals surface area (Å²) in [7, 11) is 0. The van der Waals surface area contributed by atoms with Gasteiger partial charge in [0.25, 0.3) is 5.91 Å². The maximum Gasteiger partial charge on any atom is 0.256 e. The van der Waals surface area contributed by atoms with E-state index in [2.05, 4.69) is 25.5 Å². The maximum atomic E-state index is 12.8. The summed E-state index contributed by atoms with van der Waals surface area (Å²) in [6, 6.07) is 18.5. The third-order valence-electron chi connectivity index (χ3n) is 5.09. The summed E-state index contributed by atoms with van der Waals surface area (Å²) < 4.78 is 11.6. The van der Waals surface area contributed by atoms with Gasteiger partial charge < -0.3 is 14.2 Å². The molecule has 0 aliphatic carbocycles. The van der Waals surface area contributed by atoms with Crippen LogP contribution in [0, 0.1) is 13.8 Å². The van der Waals surface area contributed by atoms with Crippen molar-refractivity contribution in [3.05, 3.63) is 83.4 Å². The predicted octanol–water partition coefficient (Wildman–Crippen LogP) is 5.43. The van der Waals surface area contributed by atoms with Crippen molar-refractivity contribution in [2.24, 2.45) is 0 Å². The fourth-order valence-electron chi connectivity index (χ4n) is 3.29. The van der Waals surface area contributed by atoms with Crippen molar-refractivity contribution in [2.45, 2.75) is 24.8 Å². The zero-order valence-electron chi connectivity index (χ0n) is 17.9. The van der Waals surface area contributed by atoms with E-state index in [4.69, 9.17) is 8.83 Å². The Bertz CT molecular complexity index is 1430. The van der Waals surface area contributed by atoms with Gasteiger partial charge in [-0.3, -0.25) is 4.79 Å². The predicted molar refractivity (Wildman–Crippen MR) is 125 cm³/mol. The number of thioether (sulfide) groups is 1. The molecule has 164 valence electrons. The van der Waals surface area contributed by atoms with Gasteiger partial charge in [0, 0.05) is 16.7 Å². The highest BCUT2D eigenvalue weighted by molar-refractivity contribution is 7.98. The molecule has 0 bridgehead atoms. The molecule has 0 atom stereocenters. The topological polar surface area (TPSA) is 107 Å². The normalized spacial score (nSPS) is 11.1. The van der Waals surface area contributed by atoms with E-state index in [1.807, 2.05) is 62.4 Å². The average Bonchev–Trinajstić information content (AvgIpc) is 3.43. The van der Waals surface area contributed by atoms with Crippen LogP contribution in [0.15, 0.2) is 74.7 Å². The molecule has 0 fully saturated rings. The van der Waals surface area contributed by atoms with Crippen LogP contribution in [0.1, 0.15) is 27.6 Å². The lowest BCUT2D eigenvalue weighted by Crippen LogP contribution is -2.13. The Labute approximate surface area is 193 Å². The second-order valence-electron chi connectivity index (χ2n) is 7.29. The number of fused-ring (bicyclic) bond motifs is 1. The van der Waals surface area contributed by atoms with Crippen LogP contribution in [0.3, 0.4) is 0 Å². The molecule has 8 nitrogen and oxygen atoms in total. The molecule has 0 spiro atoms. The first-order chi connectivity index (χ1) is 16.1. The monoisotopic (exact) mass is 457 g/mol. The number of aromatic nitrogens is 4. The molecule has 3 heterocycles. The van der Waals surface area contributed by atoms with E-state index in [1.165, 1.54) is 11.8 Å². The highest BCUT2D eigenvalue weighted by atomic mass is 32.2. The SMILES string of the molecule is Cc1oc2nc(SCc3nnc(-c4ccccc4)o3)nc(NC(=O)c3ccccc3)c2c1C. The van der Waals surface area contributed by atoms with E-state index in [0.717, 1.165) is 16.9 Å². The van der Waals surface area contributed by atoms with E-state index >= 15 is 0 Å². The second kappa shape index (κ2) is 8.87. The standard InChI is InChI=1S/C24H19N5O3S/c1-14-15(2)31-23-19(14)20(25-21(30)16-9-5-3-6-10-16)26-24(27-23)33-13-18-28-29-22(32-18)17-11-7-4-8-12-17/h3-12H,13H2,1-2H3,(H,25,26,27,30). The number of carbonyl (C=O) groups excluding carboxylic acids is 1. The van der Waals surface area contributed by atoms with Crippen molar-refractivity contribution >= 4 is 34.6 Å². The number of nitrogens with one attached hydrogen (secondary N) is 1. The van der Waals surface area contributed by atoms with Crippen LogP contribution in [0.4, 0.5) is 5.82 Å². The molecular formula is C24H19N5O3S. The largest absolute Gasteiger partial charge is 0.443 e. The molecule has 0 unspecified atom stereocenters. The molecule has 3 aromatic heterocycles. The fourth-order valence-corrected chi connectivity index (χ4v) is 3.96. The van der Waals surface area contributed by atoms with Crippen LogP contribution in [-0.2, 0) is 5.75 Å². The van der Waals surface area contributed by atoms with Crippen molar-refractivity contribution in [1.29, 1.82) is 0 Å². The molecule has 0 saturated carbocycles. The number of nitrogens with zero attached hydrogens (tertiary/aromatic N) is 4. The van der Waals surface area contributed by atoms with Gasteiger partial charge in [-0.25, -0.2) is 4.98 Å². The Morgan fingerprint density at radius 1 is 0.939 bits per heavy atom. The maximum absolute atomic E-state index is 12.8. The van der Waals surface area contributed by atoms with Crippen LogP contribution >= 0.6 is 11.8 Å². The molecule has 0 aliphatic heterocycles.